The average molecular weight is 149 g/mol. The summed E-state index contributed by atoms with van der Waals surface area (Å²) in [5, 5.41) is 3.41. The standard InChI is InChI=1S/C7H7N3O/c8-10-9-7-4-2-1-3-6(7)5-11/h1-2,5H,3-4H2. The van der Waals surface area contributed by atoms with E-state index in [9.17, 15) is 4.79 Å². The first kappa shape index (κ1) is 7.57. The van der Waals surface area contributed by atoms with Crippen LogP contribution >= 0.6 is 0 Å². The van der Waals surface area contributed by atoms with E-state index in [0.717, 1.165) is 6.29 Å². The molecule has 0 atom stereocenters. The van der Waals surface area contributed by atoms with Crippen LogP contribution in [-0.2, 0) is 4.79 Å². The largest absolute Gasteiger partial charge is 0.298 e. The lowest BCUT2D eigenvalue weighted by Crippen LogP contribution is -1.93. The molecule has 4 nitrogen and oxygen atoms in total. The quantitative estimate of drug-likeness (QED) is 0.195. The van der Waals surface area contributed by atoms with Gasteiger partial charge in [0, 0.05) is 16.2 Å². The molecule has 0 aromatic rings. The number of aldehydes is 1. The molecule has 0 amide bonds. The first-order valence-corrected chi connectivity index (χ1v) is 3.25. The van der Waals surface area contributed by atoms with Crippen molar-refractivity contribution in [2.24, 2.45) is 5.11 Å². The second-order valence-electron chi connectivity index (χ2n) is 2.16. The van der Waals surface area contributed by atoms with Crippen molar-refractivity contribution in [3.8, 4) is 0 Å². The molecule has 0 aromatic carbocycles. The van der Waals surface area contributed by atoms with E-state index in [0.29, 0.717) is 24.1 Å². The Bertz CT molecular complexity index is 271. The van der Waals surface area contributed by atoms with Crippen molar-refractivity contribution in [2.75, 3.05) is 0 Å². The Morgan fingerprint density at radius 3 is 2.91 bits per heavy atom. The number of nitrogens with zero attached hydrogens (tertiary/aromatic N) is 3. The fourth-order valence-electron chi connectivity index (χ4n) is 0.929. The van der Waals surface area contributed by atoms with Crippen molar-refractivity contribution in [1.82, 2.24) is 0 Å². The summed E-state index contributed by atoms with van der Waals surface area (Å²) in [5.74, 6) is 0. The molecule has 0 fully saturated rings. The summed E-state index contributed by atoms with van der Waals surface area (Å²) in [5.41, 5.74) is 9.25. The summed E-state index contributed by atoms with van der Waals surface area (Å²) in [6, 6.07) is 0. The Balaban J connectivity index is 2.92. The van der Waals surface area contributed by atoms with Crippen LogP contribution in [0.4, 0.5) is 0 Å². The van der Waals surface area contributed by atoms with Crippen LogP contribution in [0.25, 0.3) is 10.4 Å². The monoisotopic (exact) mass is 149 g/mol. The van der Waals surface area contributed by atoms with Gasteiger partial charge in [-0.2, -0.15) is 0 Å². The van der Waals surface area contributed by atoms with Crippen LogP contribution in [-0.4, -0.2) is 6.29 Å². The molecule has 0 radical (unpaired) electrons. The first-order valence-electron chi connectivity index (χ1n) is 3.25. The molecule has 4 heteroatoms. The first-order chi connectivity index (χ1) is 5.38. The highest BCUT2D eigenvalue weighted by atomic mass is 16.1. The van der Waals surface area contributed by atoms with E-state index >= 15 is 0 Å². The number of hydrogen-bond donors (Lipinski definition) is 0. The predicted molar refractivity (Wildman–Crippen MR) is 40.6 cm³/mol. The lowest BCUT2D eigenvalue weighted by molar-refractivity contribution is -0.105. The summed E-state index contributed by atoms with van der Waals surface area (Å²) in [4.78, 5) is 13.0. The third kappa shape index (κ3) is 1.69. The van der Waals surface area contributed by atoms with Crippen LogP contribution in [0, 0.1) is 0 Å². The summed E-state index contributed by atoms with van der Waals surface area (Å²) < 4.78 is 0. The molecule has 1 aliphatic carbocycles. The Kier molecular flexibility index (Phi) is 2.47. The van der Waals surface area contributed by atoms with Gasteiger partial charge in [0.15, 0.2) is 0 Å². The molecule has 0 aliphatic heterocycles. The van der Waals surface area contributed by atoms with Gasteiger partial charge in [-0.1, -0.05) is 17.3 Å². The number of rotatable bonds is 2. The van der Waals surface area contributed by atoms with Crippen LogP contribution in [0.5, 0.6) is 0 Å². The number of carbonyl (C=O) groups is 1. The smallest absolute Gasteiger partial charge is 0.146 e. The Hall–Kier alpha value is -1.54. The minimum Gasteiger partial charge on any atom is -0.298 e. The van der Waals surface area contributed by atoms with Gasteiger partial charge >= 0.3 is 0 Å². The molecule has 0 N–H and O–H groups in total. The maximum absolute atomic E-state index is 10.4. The zero-order chi connectivity index (χ0) is 8.10. The van der Waals surface area contributed by atoms with Crippen molar-refractivity contribution < 1.29 is 4.79 Å². The van der Waals surface area contributed by atoms with Crippen LogP contribution in [0.15, 0.2) is 28.5 Å². The third-order valence-electron chi connectivity index (χ3n) is 1.49. The minimum absolute atomic E-state index is 0.546. The van der Waals surface area contributed by atoms with Gasteiger partial charge in [-0.05, 0) is 18.4 Å². The second kappa shape index (κ2) is 3.58. The topological polar surface area (TPSA) is 65.8 Å². The van der Waals surface area contributed by atoms with Crippen LogP contribution < -0.4 is 0 Å². The fourth-order valence-corrected chi connectivity index (χ4v) is 0.929. The van der Waals surface area contributed by atoms with Gasteiger partial charge in [-0.3, -0.25) is 4.79 Å². The SMILES string of the molecule is [N-]=[N+]=NC1=C(C=O)CC=CC1. The molecule has 1 rings (SSSR count). The van der Waals surface area contributed by atoms with Crippen LogP contribution in [0.2, 0.25) is 0 Å². The normalized spacial score (nSPS) is 16.0. The predicted octanol–water partition coefficient (Wildman–Crippen LogP) is 2.10. The number of carbonyl (C=O) groups excluding carboxylic acids is 1. The van der Waals surface area contributed by atoms with Gasteiger partial charge in [0.05, 0.1) is 0 Å². The summed E-state index contributed by atoms with van der Waals surface area (Å²) in [6.45, 7) is 0. The van der Waals surface area contributed by atoms with Crippen molar-refractivity contribution in [2.45, 2.75) is 12.8 Å². The number of hydrogen-bond acceptors (Lipinski definition) is 2. The van der Waals surface area contributed by atoms with Gasteiger partial charge in [0.2, 0.25) is 0 Å². The van der Waals surface area contributed by atoms with Gasteiger partial charge < -0.3 is 0 Å². The van der Waals surface area contributed by atoms with E-state index < -0.39 is 0 Å². The molecular formula is C7H7N3O. The van der Waals surface area contributed by atoms with E-state index in [1.807, 2.05) is 12.2 Å². The van der Waals surface area contributed by atoms with Gasteiger partial charge in [-0.25, -0.2) is 0 Å². The Morgan fingerprint density at radius 2 is 2.27 bits per heavy atom. The highest BCUT2D eigenvalue weighted by Gasteiger charge is 2.04. The highest BCUT2D eigenvalue weighted by molar-refractivity contribution is 5.75. The van der Waals surface area contributed by atoms with E-state index in [-0.39, 0.29) is 0 Å². The molecule has 0 unspecified atom stereocenters. The molecule has 0 heterocycles. The zero-order valence-electron chi connectivity index (χ0n) is 5.90. The highest BCUT2D eigenvalue weighted by Crippen LogP contribution is 2.18. The summed E-state index contributed by atoms with van der Waals surface area (Å²) in [6.07, 6.45) is 5.67. The molecule has 0 bridgehead atoms. The second-order valence-corrected chi connectivity index (χ2v) is 2.16. The van der Waals surface area contributed by atoms with Crippen LogP contribution in [0.1, 0.15) is 12.8 Å². The maximum Gasteiger partial charge on any atom is 0.146 e. The van der Waals surface area contributed by atoms with Crippen molar-refractivity contribution in [3.05, 3.63) is 33.9 Å². The summed E-state index contributed by atoms with van der Waals surface area (Å²) in [7, 11) is 0. The zero-order valence-corrected chi connectivity index (χ0v) is 5.90. The molecule has 0 aromatic heterocycles. The van der Waals surface area contributed by atoms with Crippen molar-refractivity contribution in [1.29, 1.82) is 0 Å². The molecule has 11 heavy (non-hydrogen) atoms. The molecule has 0 spiro atoms. The van der Waals surface area contributed by atoms with E-state index in [1.165, 1.54) is 0 Å². The van der Waals surface area contributed by atoms with E-state index in [2.05, 4.69) is 10.0 Å². The average Bonchev–Trinajstić information content (AvgIpc) is 2.06. The Morgan fingerprint density at radius 1 is 1.55 bits per heavy atom. The Labute approximate surface area is 63.8 Å². The van der Waals surface area contributed by atoms with Gasteiger partial charge in [-0.15, -0.1) is 0 Å². The fraction of sp³-hybridized carbons (Fsp3) is 0.286. The molecule has 0 saturated heterocycles. The lowest BCUT2D eigenvalue weighted by Gasteiger charge is -2.05. The molecule has 1 aliphatic rings. The van der Waals surface area contributed by atoms with Crippen molar-refractivity contribution in [3.63, 3.8) is 0 Å². The van der Waals surface area contributed by atoms with E-state index in [1.54, 1.807) is 0 Å². The molecule has 56 valence electrons. The third-order valence-corrected chi connectivity index (χ3v) is 1.49. The van der Waals surface area contributed by atoms with Crippen molar-refractivity contribution >= 4 is 6.29 Å². The number of allylic oxidation sites excluding steroid dienone is 3. The number of azide groups is 1. The van der Waals surface area contributed by atoms with E-state index in [4.69, 9.17) is 5.53 Å². The molecule has 0 saturated carbocycles. The minimum atomic E-state index is 0.546. The lowest BCUT2D eigenvalue weighted by atomic mass is 10.0. The summed E-state index contributed by atoms with van der Waals surface area (Å²) >= 11 is 0. The molecular weight excluding hydrogens is 142 g/mol. The van der Waals surface area contributed by atoms with Gasteiger partial charge in [0.25, 0.3) is 0 Å². The van der Waals surface area contributed by atoms with Crippen LogP contribution in [0.3, 0.4) is 0 Å². The maximum atomic E-state index is 10.4. The van der Waals surface area contributed by atoms with Gasteiger partial charge in [0.1, 0.15) is 6.29 Å².